The molecule has 1 aromatic rings. The average Bonchev–Trinajstić information content (AvgIpc) is 2.85. The van der Waals surface area contributed by atoms with Crippen LogP contribution in [0.2, 0.25) is 0 Å². The molecule has 2 unspecified atom stereocenters. The van der Waals surface area contributed by atoms with E-state index in [2.05, 4.69) is 34.5 Å². The van der Waals surface area contributed by atoms with Crippen molar-refractivity contribution in [2.75, 3.05) is 37.8 Å². The fourth-order valence-electron chi connectivity index (χ4n) is 3.99. The van der Waals surface area contributed by atoms with Gasteiger partial charge in [-0.05, 0) is 24.5 Å². The van der Waals surface area contributed by atoms with Gasteiger partial charge in [-0.15, -0.1) is 0 Å². The van der Waals surface area contributed by atoms with Crippen LogP contribution < -0.4 is 10.2 Å². The van der Waals surface area contributed by atoms with E-state index in [1.807, 2.05) is 0 Å². The summed E-state index contributed by atoms with van der Waals surface area (Å²) >= 11 is 0. The van der Waals surface area contributed by atoms with Gasteiger partial charge in [0.05, 0.1) is 12.2 Å². The van der Waals surface area contributed by atoms with Gasteiger partial charge in [-0.25, -0.2) is 0 Å². The Morgan fingerprint density at radius 2 is 2.19 bits per heavy atom. The first-order valence-electron chi connectivity index (χ1n) is 8.13. The Morgan fingerprint density at radius 3 is 3.10 bits per heavy atom. The smallest absolute Gasteiger partial charge is 0.0956 e. The molecule has 4 rings (SSSR count). The van der Waals surface area contributed by atoms with Crippen LogP contribution in [-0.4, -0.2) is 44.6 Å². The van der Waals surface area contributed by atoms with Crippen LogP contribution in [0.1, 0.15) is 24.8 Å². The lowest BCUT2D eigenvalue weighted by Crippen LogP contribution is -2.50. The van der Waals surface area contributed by atoms with Crippen molar-refractivity contribution in [3.05, 3.63) is 29.8 Å². The van der Waals surface area contributed by atoms with E-state index in [4.69, 9.17) is 9.47 Å². The van der Waals surface area contributed by atoms with Gasteiger partial charge in [-0.1, -0.05) is 18.2 Å². The highest BCUT2D eigenvalue weighted by Crippen LogP contribution is 2.37. The summed E-state index contributed by atoms with van der Waals surface area (Å²) in [5.41, 5.74) is 2.80. The number of ether oxygens (including phenoxy) is 2. The first-order valence-corrected chi connectivity index (χ1v) is 8.13. The summed E-state index contributed by atoms with van der Waals surface area (Å²) in [7, 11) is 0. The van der Waals surface area contributed by atoms with E-state index in [1.54, 1.807) is 0 Å². The van der Waals surface area contributed by atoms with Gasteiger partial charge in [0.15, 0.2) is 0 Å². The Kier molecular flexibility index (Phi) is 3.61. The molecular formula is C17H24N2O2. The highest BCUT2D eigenvalue weighted by Gasteiger charge is 2.42. The van der Waals surface area contributed by atoms with E-state index in [1.165, 1.54) is 11.3 Å². The van der Waals surface area contributed by atoms with E-state index in [0.29, 0.717) is 6.04 Å². The first-order chi connectivity index (χ1) is 10.4. The van der Waals surface area contributed by atoms with Gasteiger partial charge in [-0.2, -0.15) is 0 Å². The fraction of sp³-hybridized carbons (Fsp3) is 0.647. The van der Waals surface area contributed by atoms with Crippen molar-refractivity contribution in [1.82, 2.24) is 5.32 Å². The van der Waals surface area contributed by atoms with Crippen molar-refractivity contribution in [2.24, 2.45) is 0 Å². The highest BCUT2D eigenvalue weighted by atomic mass is 16.6. The predicted octanol–water partition coefficient (Wildman–Crippen LogP) is 1.93. The summed E-state index contributed by atoms with van der Waals surface area (Å²) in [6.45, 7) is 5.60. The topological polar surface area (TPSA) is 33.7 Å². The van der Waals surface area contributed by atoms with Gasteiger partial charge in [0.2, 0.25) is 0 Å². The summed E-state index contributed by atoms with van der Waals surface area (Å²) in [5, 5.41) is 3.54. The zero-order valence-electron chi connectivity index (χ0n) is 12.5. The molecular weight excluding hydrogens is 264 g/mol. The fourth-order valence-corrected chi connectivity index (χ4v) is 3.99. The van der Waals surface area contributed by atoms with Crippen LogP contribution >= 0.6 is 0 Å². The Hall–Kier alpha value is -1.10. The summed E-state index contributed by atoms with van der Waals surface area (Å²) in [6.07, 6.45) is 3.27. The molecule has 1 N–H and O–H groups in total. The summed E-state index contributed by atoms with van der Waals surface area (Å²) in [5.74, 6) is 0. The SMILES string of the molecule is c1ccc2c(c1)CNCCN2C1CCOC2(CCOC2)C1. The van der Waals surface area contributed by atoms with Crippen LogP contribution in [0.25, 0.3) is 0 Å². The molecule has 4 heteroatoms. The molecule has 2 fully saturated rings. The minimum Gasteiger partial charge on any atom is -0.378 e. The van der Waals surface area contributed by atoms with Crippen LogP contribution in [0.4, 0.5) is 5.69 Å². The van der Waals surface area contributed by atoms with Crippen molar-refractivity contribution in [3.8, 4) is 0 Å². The Bertz CT molecular complexity index is 499. The molecule has 114 valence electrons. The zero-order chi connectivity index (χ0) is 14.1. The van der Waals surface area contributed by atoms with Gasteiger partial charge < -0.3 is 19.7 Å². The van der Waals surface area contributed by atoms with Crippen LogP contribution in [0, 0.1) is 0 Å². The third-order valence-electron chi connectivity index (χ3n) is 5.12. The van der Waals surface area contributed by atoms with Crippen molar-refractivity contribution in [2.45, 2.75) is 37.5 Å². The van der Waals surface area contributed by atoms with Crippen molar-refractivity contribution < 1.29 is 9.47 Å². The van der Waals surface area contributed by atoms with Crippen LogP contribution in [0.15, 0.2) is 24.3 Å². The molecule has 0 aromatic heterocycles. The number of rotatable bonds is 1. The monoisotopic (exact) mass is 288 g/mol. The normalized spacial score (nSPS) is 33.0. The standard InChI is InChI=1S/C17H24N2O2/c1-2-4-16-14(3-1)12-18-7-8-19(16)15-5-9-21-17(11-15)6-10-20-13-17/h1-4,15,18H,5-13H2. The average molecular weight is 288 g/mol. The van der Waals surface area contributed by atoms with Crippen molar-refractivity contribution >= 4 is 5.69 Å². The molecule has 4 nitrogen and oxygen atoms in total. The molecule has 2 saturated heterocycles. The molecule has 3 aliphatic heterocycles. The maximum Gasteiger partial charge on any atom is 0.0956 e. The molecule has 0 radical (unpaired) electrons. The maximum absolute atomic E-state index is 6.10. The Balaban J connectivity index is 1.60. The second-order valence-electron chi connectivity index (χ2n) is 6.48. The van der Waals surface area contributed by atoms with Crippen LogP contribution in [0.5, 0.6) is 0 Å². The second kappa shape index (κ2) is 5.59. The minimum atomic E-state index is -0.0163. The number of para-hydroxylation sites is 1. The zero-order valence-corrected chi connectivity index (χ0v) is 12.5. The molecule has 0 saturated carbocycles. The number of benzene rings is 1. The third-order valence-corrected chi connectivity index (χ3v) is 5.12. The third kappa shape index (κ3) is 2.56. The van der Waals surface area contributed by atoms with Gasteiger partial charge in [0, 0.05) is 51.0 Å². The number of hydrogen-bond acceptors (Lipinski definition) is 4. The molecule has 1 spiro atoms. The lowest BCUT2D eigenvalue weighted by molar-refractivity contribution is -0.0859. The number of hydrogen-bond donors (Lipinski definition) is 1. The molecule has 0 bridgehead atoms. The molecule has 0 amide bonds. The van der Waals surface area contributed by atoms with Gasteiger partial charge >= 0.3 is 0 Å². The van der Waals surface area contributed by atoms with Crippen LogP contribution in [-0.2, 0) is 16.0 Å². The minimum absolute atomic E-state index is 0.0163. The number of nitrogens with zero attached hydrogens (tertiary/aromatic N) is 1. The van der Waals surface area contributed by atoms with E-state index >= 15 is 0 Å². The molecule has 2 atom stereocenters. The van der Waals surface area contributed by atoms with E-state index in [-0.39, 0.29) is 5.60 Å². The molecule has 3 heterocycles. The second-order valence-corrected chi connectivity index (χ2v) is 6.48. The van der Waals surface area contributed by atoms with Gasteiger partial charge in [-0.3, -0.25) is 0 Å². The van der Waals surface area contributed by atoms with E-state index < -0.39 is 0 Å². The van der Waals surface area contributed by atoms with Crippen molar-refractivity contribution in [1.29, 1.82) is 0 Å². The summed E-state index contributed by atoms with van der Waals surface area (Å²) in [4.78, 5) is 2.61. The Labute approximate surface area is 126 Å². The van der Waals surface area contributed by atoms with Gasteiger partial charge in [0.1, 0.15) is 0 Å². The van der Waals surface area contributed by atoms with Crippen LogP contribution in [0.3, 0.4) is 0 Å². The molecule has 3 aliphatic rings. The Morgan fingerprint density at radius 1 is 1.24 bits per heavy atom. The largest absolute Gasteiger partial charge is 0.378 e. The quantitative estimate of drug-likeness (QED) is 0.856. The van der Waals surface area contributed by atoms with E-state index in [0.717, 1.165) is 58.7 Å². The maximum atomic E-state index is 6.10. The first kappa shape index (κ1) is 13.6. The van der Waals surface area contributed by atoms with Gasteiger partial charge in [0.25, 0.3) is 0 Å². The lowest BCUT2D eigenvalue weighted by Gasteiger charge is -2.43. The lowest BCUT2D eigenvalue weighted by atomic mass is 9.88. The predicted molar refractivity (Wildman–Crippen MR) is 82.6 cm³/mol. The van der Waals surface area contributed by atoms with E-state index in [9.17, 15) is 0 Å². The van der Waals surface area contributed by atoms with Crippen molar-refractivity contribution in [3.63, 3.8) is 0 Å². The molecule has 1 aromatic carbocycles. The number of nitrogens with one attached hydrogen (secondary N) is 1. The highest BCUT2D eigenvalue weighted by molar-refractivity contribution is 5.55. The summed E-state index contributed by atoms with van der Waals surface area (Å²) < 4.78 is 11.7. The number of fused-ring (bicyclic) bond motifs is 1. The molecule has 0 aliphatic carbocycles. The molecule has 21 heavy (non-hydrogen) atoms. The summed E-state index contributed by atoms with van der Waals surface area (Å²) in [6, 6.07) is 9.39. The number of anilines is 1.